The fourth-order valence-electron chi connectivity index (χ4n) is 1.65. The Kier molecular flexibility index (Phi) is 2.30. The standard InChI is InChI=1S/C11H10N6O/c1-8-7-16(15-14-8)9-6-13-17(11(9)18)10-4-2-3-5-12-10/h2-7,13H,1H3. The fraction of sp³-hybridized carbons (Fsp3) is 0.0909. The predicted molar refractivity (Wildman–Crippen MR) is 63.8 cm³/mol. The lowest BCUT2D eigenvalue weighted by Gasteiger charge is -1.97. The lowest BCUT2D eigenvalue weighted by molar-refractivity contribution is 0.785. The van der Waals surface area contributed by atoms with Gasteiger partial charge in [-0.15, -0.1) is 5.10 Å². The van der Waals surface area contributed by atoms with Crippen molar-refractivity contribution in [3.63, 3.8) is 0 Å². The second kappa shape index (κ2) is 3.95. The molecule has 1 N–H and O–H groups in total. The van der Waals surface area contributed by atoms with Crippen molar-refractivity contribution >= 4 is 0 Å². The third-order valence-electron chi connectivity index (χ3n) is 2.49. The summed E-state index contributed by atoms with van der Waals surface area (Å²) >= 11 is 0. The highest BCUT2D eigenvalue weighted by atomic mass is 16.1. The third kappa shape index (κ3) is 1.61. The highest BCUT2D eigenvalue weighted by Gasteiger charge is 2.11. The minimum atomic E-state index is -0.224. The molecule has 0 aliphatic rings. The van der Waals surface area contributed by atoms with Gasteiger partial charge in [0.1, 0.15) is 0 Å². The summed E-state index contributed by atoms with van der Waals surface area (Å²) in [7, 11) is 0. The van der Waals surface area contributed by atoms with Crippen LogP contribution < -0.4 is 5.56 Å². The largest absolute Gasteiger partial charge is 0.298 e. The molecule has 18 heavy (non-hydrogen) atoms. The monoisotopic (exact) mass is 242 g/mol. The average molecular weight is 242 g/mol. The number of hydrogen-bond donors (Lipinski definition) is 1. The van der Waals surface area contributed by atoms with E-state index in [1.807, 2.05) is 13.0 Å². The summed E-state index contributed by atoms with van der Waals surface area (Å²) < 4.78 is 2.79. The molecule has 0 saturated carbocycles. The molecule has 0 spiro atoms. The lowest BCUT2D eigenvalue weighted by atomic mass is 10.4. The summed E-state index contributed by atoms with van der Waals surface area (Å²) in [6.45, 7) is 1.81. The zero-order valence-electron chi connectivity index (χ0n) is 9.61. The summed E-state index contributed by atoms with van der Waals surface area (Å²) in [5.41, 5.74) is 0.930. The van der Waals surface area contributed by atoms with E-state index in [2.05, 4.69) is 20.4 Å². The molecule has 0 aliphatic heterocycles. The third-order valence-corrected chi connectivity index (χ3v) is 2.49. The van der Waals surface area contributed by atoms with Crippen molar-refractivity contribution in [2.24, 2.45) is 0 Å². The zero-order valence-corrected chi connectivity index (χ0v) is 9.61. The first-order valence-electron chi connectivity index (χ1n) is 5.37. The maximum absolute atomic E-state index is 12.2. The Bertz CT molecular complexity index is 723. The highest BCUT2D eigenvalue weighted by molar-refractivity contribution is 5.29. The van der Waals surface area contributed by atoms with E-state index in [-0.39, 0.29) is 5.56 Å². The number of aryl methyl sites for hydroxylation is 1. The Balaban J connectivity index is 2.12. The van der Waals surface area contributed by atoms with Crippen molar-refractivity contribution in [3.05, 3.63) is 52.8 Å². The quantitative estimate of drug-likeness (QED) is 0.707. The van der Waals surface area contributed by atoms with Crippen LogP contribution in [0.4, 0.5) is 0 Å². The van der Waals surface area contributed by atoms with Gasteiger partial charge in [-0.2, -0.15) is 4.68 Å². The number of aromatic nitrogens is 6. The minimum Gasteiger partial charge on any atom is -0.295 e. The van der Waals surface area contributed by atoms with Gasteiger partial charge in [-0.1, -0.05) is 11.3 Å². The van der Waals surface area contributed by atoms with Gasteiger partial charge >= 0.3 is 0 Å². The lowest BCUT2D eigenvalue weighted by Crippen LogP contribution is -2.19. The van der Waals surface area contributed by atoms with E-state index in [4.69, 9.17) is 0 Å². The molecule has 0 radical (unpaired) electrons. The van der Waals surface area contributed by atoms with Gasteiger partial charge in [0.2, 0.25) is 0 Å². The first-order valence-corrected chi connectivity index (χ1v) is 5.37. The molecule has 0 fully saturated rings. The van der Waals surface area contributed by atoms with Crippen LogP contribution in [0.1, 0.15) is 5.69 Å². The summed E-state index contributed by atoms with van der Waals surface area (Å²) in [5.74, 6) is 0.533. The van der Waals surface area contributed by atoms with Gasteiger partial charge in [0, 0.05) is 6.20 Å². The van der Waals surface area contributed by atoms with Gasteiger partial charge in [0.25, 0.3) is 5.56 Å². The predicted octanol–water partition coefficient (Wildman–Crippen LogP) is 0.450. The Hall–Kier alpha value is -2.70. The van der Waals surface area contributed by atoms with Gasteiger partial charge < -0.3 is 0 Å². The number of nitrogens with zero attached hydrogens (tertiary/aromatic N) is 5. The van der Waals surface area contributed by atoms with Crippen LogP contribution in [0.3, 0.4) is 0 Å². The number of nitrogens with one attached hydrogen (secondary N) is 1. The second-order valence-electron chi connectivity index (χ2n) is 3.79. The van der Waals surface area contributed by atoms with Crippen molar-refractivity contribution in [1.82, 2.24) is 29.8 Å². The van der Waals surface area contributed by atoms with Crippen molar-refractivity contribution in [2.45, 2.75) is 6.92 Å². The molecule has 3 rings (SSSR count). The number of hydrogen-bond acceptors (Lipinski definition) is 4. The molecule has 0 unspecified atom stereocenters. The topological polar surface area (TPSA) is 81.4 Å². The molecule has 3 heterocycles. The maximum Gasteiger partial charge on any atom is 0.298 e. The summed E-state index contributed by atoms with van der Waals surface area (Å²) in [5, 5.41) is 10.6. The van der Waals surface area contributed by atoms with E-state index in [0.717, 1.165) is 5.69 Å². The van der Waals surface area contributed by atoms with Crippen LogP contribution in [0.2, 0.25) is 0 Å². The maximum atomic E-state index is 12.2. The van der Waals surface area contributed by atoms with E-state index in [1.165, 1.54) is 9.36 Å². The van der Waals surface area contributed by atoms with Crippen LogP contribution in [0, 0.1) is 6.92 Å². The van der Waals surface area contributed by atoms with Crippen LogP contribution in [0.15, 0.2) is 41.6 Å². The Morgan fingerprint density at radius 3 is 2.89 bits per heavy atom. The van der Waals surface area contributed by atoms with Crippen LogP contribution >= 0.6 is 0 Å². The van der Waals surface area contributed by atoms with Gasteiger partial charge in [-0.25, -0.2) is 9.67 Å². The normalized spacial score (nSPS) is 10.7. The molecule has 90 valence electrons. The molecule has 7 heteroatoms. The van der Waals surface area contributed by atoms with Crippen molar-refractivity contribution < 1.29 is 0 Å². The zero-order chi connectivity index (χ0) is 12.5. The number of aromatic amines is 1. The van der Waals surface area contributed by atoms with E-state index < -0.39 is 0 Å². The molecule has 0 bridgehead atoms. The molecular weight excluding hydrogens is 232 g/mol. The average Bonchev–Trinajstić information content (AvgIpc) is 2.97. The van der Waals surface area contributed by atoms with E-state index in [1.54, 1.807) is 30.7 Å². The van der Waals surface area contributed by atoms with Crippen LogP contribution in [-0.2, 0) is 0 Å². The summed E-state index contributed by atoms with van der Waals surface area (Å²) in [6, 6.07) is 5.35. The number of H-pyrrole nitrogens is 1. The molecule has 7 nitrogen and oxygen atoms in total. The van der Waals surface area contributed by atoms with Crippen LogP contribution in [0.5, 0.6) is 0 Å². The van der Waals surface area contributed by atoms with E-state index >= 15 is 0 Å². The Labute approximate surface area is 102 Å². The van der Waals surface area contributed by atoms with Crippen molar-refractivity contribution in [2.75, 3.05) is 0 Å². The van der Waals surface area contributed by atoms with Gasteiger partial charge in [0.05, 0.1) is 18.1 Å². The molecule has 0 saturated heterocycles. The van der Waals surface area contributed by atoms with E-state index in [9.17, 15) is 4.79 Å². The smallest absolute Gasteiger partial charge is 0.295 e. The van der Waals surface area contributed by atoms with Gasteiger partial charge in [-0.3, -0.25) is 9.89 Å². The van der Waals surface area contributed by atoms with Crippen LogP contribution in [-0.4, -0.2) is 29.8 Å². The summed E-state index contributed by atoms with van der Waals surface area (Å²) in [6.07, 6.45) is 4.89. The van der Waals surface area contributed by atoms with Crippen molar-refractivity contribution in [1.29, 1.82) is 0 Å². The molecule has 3 aromatic rings. The fourth-order valence-corrected chi connectivity index (χ4v) is 1.65. The second-order valence-corrected chi connectivity index (χ2v) is 3.79. The Morgan fingerprint density at radius 2 is 2.22 bits per heavy atom. The first kappa shape index (κ1) is 10.5. The SMILES string of the molecule is Cc1cn(-c2c[nH]n(-c3ccccn3)c2=O)nn1. The molecule has 0 amide bonds. The molecule has 0 aliphatic carbocycles. The molecule has 0 atom stereocenters. The number of pyridine rings is 1. The molecule has 0 aromatic carbocycles. The number of rotatable bonds is 2. The van der Waals surface area contributed by atoms with Gasteiger partial charge in [-0.05, 0) is 19.1 Å². The molecule has 3 aromatic heterocycles. The first-order chi connectivity index (χ1) is 8.75. The molecular formula is C11H10N6O. The van der Waals surface area contributed by atoms with Crippen molar-refractivity contribution in [3.8, 4) is 11.5 Å². The minimum absolute atomic E-state index is 0.224. The highest BCUT2D eigenvalue weighted by Crippen LogP contribution is 2.03. The Morgan fingerprint density at radius 1 is 1.33 bits per heavy atom. The van der Waals surface area contributed by atoms with E-state index in [0.29, 0.717) is 11.5 Å². The van der Waals surface area contributed by atoms with Crippen LogP contribution in [0.25, 0.3) is 11.5 Å². The summed E-state index contributed by atoms with van der Waals surface area (Å²) in [4.78, 5) is 16.3. The van der Waals surface area contributed by atoms with Gasteiger partial charge in [0.15, 0.2) is 11.5 Å².